The lowest BCUT2D eigenvalue weighted by molar-refractivity contribution is -0.145. The van der Waals surface area contributed by atoms with Gasteiger partial charge in [0.2, 0.25) is 11.7 Å². The van der Waals surface area contributed by atoms with Gasteiger partial charge >= 0.3 is 5.97 Å². The maximum absolute atomic E-state index is 12.2. The van der Waals surface area contributed by atoms with E-state index < -0.39 is 12.0 Å². The van der Waals surface area contributed by atoms with Crippen LogP contribution in [-0.4, -0.2) is 45.2 Å². The van der Waals surface area contributed by atoms with Crippen molar-refractivity contribution in [3.8, 4) is 11.4 Å². The van der Waals surface area contributed by atoms with Gasteiger partial charge in [0.05, 0.1) is 7.11 Å². The van der Waals surface area contributed by atoms with Crippen LogP contribution in [0.4, 0.5) is 0 Å². The molecule has 0 bridgehead atoms. The number of hydrogen-bond donors (Lipinski definition) is 1. The van der Waals surface area contributed by atoms with Gasteiger partial charge in [0.25, 0.3) is 0 Å². The van der Waals surface area contributed by atoms with Crippen LogP contribution in [0.25, 0.3) is 11.4 Å². The van der Waals surface area contributed by atoms with Crippen LogP contribution in [0, 0.1) is 5.92 Å². The lowest BCUT2D eigenvalue weighted by atomic mass is 10.0. The van der Waals surface area contributed by atoms with Crippen LogP contribution in [0.15, 0.2) is 24.3 Å². The van der Waals surface area contributed by atoms with Gasteiger partial charge in [-0.25, -0.2) is 4.79 Å². The van der Waals surface area contributed by atoms with Gasteiger partial charge in [-0.1, -0.05) is 52.0 Å². The quantitative estimate of drug-likeness (QED) is 0.712. The highest BCUT2D eigenvalue weighted by Crippen LogP contribution is 2.19. The van der Waals surface area contributed by atoms with Crippen LogP contribution in [0.3, 0.4) is 0 Å². The summed E-state index contributed by atoms with van der Waals surface area (Å²) in [6, 6.07) is 7.24. The molecule has 146 valence electrons. The number of esters is 1. The fourth-order valence-electron chi connectivity index (χ4n) is 2.64. The number of carbonyl (C=O) groups is 2. The summed E-state index contributed by atoms with van der Waals surface area (Å²) in [7, 11) is 1.30. The van der Waals surface area contributed by atoms with Crippen molar-refractivity contribution in [2.24, 2.45) is 5.92 Å². The highest BCUT2D eigenvalue weighted by atomic mass is 16.5. The zero-order chi connectivity index (χ0) is 20.0. The van der Waals surface area contributed by atoms with Gasteiger partial charge in [0.1, 0.15) is 12.6 Å². The fraction of sp³-hybridized carbons (Fsp3) is 0.526. The number of hydrogen-bond acceptors (Lipinski definition) is 6. The van der Waals surface area contributed by atoms with Gasteiger partial charge in [-0.15, -0.1) is 10.2 Å². The van der Waals surface area contributed by atoms with E-state index in [0.717, 1.165) is 5.56 Å². The maximum atomic E-state index is 12.2. The summed E-state index contributed by atoms with van der Waals surface area (Å²) in [5.41, 5.74) is 2.06. The monoisotopic (exact) mass is 373 g/mol. The van der Waals surface area contributed by atoms with Crippen LogP contribution in [0.1, 0.15) is 45.6 Å². The number of methoxy groups -OCH3 is 1. The van der Waals surface area contributed by atoms with Crippen LogP contribution in [-0.2, 0) is 20.9 Å². The molecule has 0 aliphatic rings. The Kier molecular flexibility index (Phi) is 7.04. The van der Waals surface area contributed by atoms with Gasteiger partial charge < -0.3 is 10.1 Å². The number of rotatable bonds is 8. The highest BCUT2D eigenvalue weighted by Gasteiger charge is 2.23. The summed E-state index contributed by atoms with van der Waals surface area (Å²) in [5.74, 6) is 0.295. The smallest absolute Gasteiger partial charge is 0.328 e. The van der Waals surface area contributed by atoms with Crippen molar-refractivity contribution >= 4 is 11.9 Å². The summed E-state index contributed by atoms with van der Waals surface area (Å²) in [5, 5.41) is 14.8. The standard InChI is InChI=1S/C19H27N5O3/c1-12(2)10-16(19(26)27-5)20-17(25)11-24-22-18(21-23-24)15-8-6-14(7-9-15)13(3)4/h6-9,12-13,16H,10-11H2,1-5H3,(H,20,25)/t16-/m0/s1. The molecule has 27 heavy (non-hydrogen) atoms. The third kappa shape index (κ3) is 5.87. The molecule has 1 aromatic heterocycles. The predicted molar refractivity (Wildman–Crippen MR) is 101 cm³/mol. The molecular weight excluding hydrogens is 346 g/mol. The molecule has 1 atom stereocenters. The number of nitrogens with one attached hydrogen (secondary N) is 1. The summed E-state index contributed by atoms with van der Waals surface area (Å²) in [4.78, 5) is 25.3. The van der Waals surface area contributed by atoms with Crippen molar-refractivity contribution < 1.29 is 14.3 Å². The van der Waals surface area contributed by atoms with Crippen LogP contribution in [0.5, 0.6) is 0 Å². The Hall–Kier alpha value is -2.77. The second-order valence-corrected chi connectivity index (χ2v) is 7.19. The normalized spacial score (nSPS) is 12.3. The third-order valence-electron chi connectivity index (χ3n) is 4.10. The molecular formula is C19H27N5O3. The Bertz CT molecular complexity index is 768. The molecule has 0 saturated heterocycles. The van der Waals surface area contributed by atoms with E-state index in [4.69, 9.17) is 4.74 Å². The number of amides is 1. The number of benzene rings is 1. The molecule has 1 aromatic carbocycles. The number of nitrogens with zero attached hydrogens (tertiary/aromatic N) is 4. The van der Waals surface area contributed by atoms with E-state index in [1.807, 2.05) is 38.1 Å². The van der Waals surface area contributed by atoms with E-state index in [1.54, 1.807) is 0 Å². The molecule has 0 fully saturated rings. The summed E-state index contributed by atoms with van der Waals surface area (Å²) >= 11 is 0. The SMILES string of the molecule is COC(=O)[C@H](CC(C)C)NC(=O)Cn1nnc(-c2ccc(C(C)C)cc2)n1. The fourth-order valence-corrected chi connectivity index (χ4v) is 2.64. The Morgan fingerprint density at radius 1 is 1.15 bits per heavy atom. The zero-order valence-corrected chi connectivity index (χ0v) is 16.5. The Balaban J connectivity index is 2.01. The van der Waals surface area contributed by atoms with E-state index in [1.165, 1.54) is 17.5 Å². The van der Waals surface area contributed by atoms with Crippen molar-refractivity contribution in [1.82, 2.24) is 25.5 Å². The molecule has 0 radical (unpaired) electrons. The molecule has 2 aromatic rings. The number of ether oxygens (including phenoxy) is 1. The molecule has 2 rings (SSSR count). The molecule has 8 heteroatoms. The van der Waals surface area contributed by atoms with Crippen molar-refractivity contribution in [2.75, 3.05) is 7.11 Å². The molecule has 0 saturated carbocycles. The van der Waals surface area contributed by atoms with Crippen molar-refractivity contribution in [3.63, 3.8) is 0 Å². The largest absolute Gasteiger partial charge is 0.467 e. The second kappa shape index (κ2) is 9.25. The Morgan fingerprint density at radius 2 is 1.81 bits per heavy atom. The molecule has 0 aliphatic heterocycles. The van der Waals surface area contributed by atoms with E-state index in [-0.39, 0.29) is 18.4 Å². The minimum atomic E-state index is -0.686. The molecule has 8 nitrogen and oxygen atoms in total. The van der Waals surface area contributed by atoms with Crippen molar-refractivity contribution in [3.05, 3.63) is 29.8 Å². The summed E-state index contributed by atoms with van der Waals surface area (Å²) < 4.78 is 4.75. The van der Waals surface area contributed by atoms with Gasteiger partial charge in [-0.05, 0) is 29.0 Å². The van der Waals surface area contributed by atoms with Gasteiger partial charge in [-0.2, -0.15) is 4.80 Å². The van der Waals surface area contributed by atoms with E-state index in [9.17, 15) is 9.59 Å². The lowest BCUT2D eigenvalue weighted by Crippen LogP contribution is -2.43. The number of aromatic nitrogens is 4. The maximum Gasteiger partial charge on any atom is 0.328 e. The van der Waals surface area contributed by atoms with Gasteiger partial charge in [0.15, 0.2) is 0 Å². The molecule has 0 aliphatic carbocycles. The number of tetrazole rings is 1. The molecule has 0 spiro atoms. The lowest BCUT2D eigenvalue weighted by Gasteiger charge is -2.17. The van der Waals surface area contributed by atoms with E-state index in [0.29, 0.717) is 18.2 Å². The van der Waals surface area contributed by atoms with Crippen molar-refractivity contribution in [1.29, 1.82) is 0 Å². The first-order valence-corrected chi connectivity index (χ1v) is 9.05. The zero-order valence-electron chi connectivity index (χ0n) is 16.5. The first-order valence-electron chi connectivity index (χ1n) is 9.05. The summed E-state index contributed by atoms with van der Waals surface area (Å²) in [6.45, 7) is 8.07. The van der Waals surface area contributed by atoms with Crippen LogP contribution in [0.2, 0.25) is 0 Å². The minimum absolute atomic E-state index is 0.122. The third-order valence-corrected chi connectivity index (χ3v) is 4.10. The minimum Gasteiger partial charge on any atom is -0.467 e. The highest BCUT2D eigenvalue weighted by molar-refractivity contribution is 5.84. The van der Waals surface area contributed by atoms with Gasteiger partial charge in [-0.3, -0.25) is 4.79 Å². The molecule has 0 unspecified atom stereocenters. The summed E-state index contributed by atoms with van der Waals surface area (Å²) in [6.07, 6.45) is 0.497. The average molecular weight is 373 g/mol. The first-order chi connectivity index (χ1) is 12.8. The first kappa shape index (κ1) is 20.5. The molecule has 1 N–H and O–H groups in total. The predicted octanol–water partition coefficient (Wildman–Crippen LogP) is 2.17. The molecule has 1 amide bonds. The second-order valence-electron chi connectivity index (χ2n) is 7.19. The van der Waals surface area contributed by atoms with E-state index in [2.05, 4.69) is 34.6 Å². The van der Waals surface area contributed by atoms with Crippen molar-refractivity contribution in [2.45, 2.75) is 52.6 Å². The van der Waals surface area contributed by atoms with E-state index >= 15 is 0 Å². The van der Waals surface area contributed by atoms with Crippen LogP contribution < -0.4 is 5.32 Å². The Labute approximate surface area is 159 Å². The van der Waals surface area contributed by atoms with Gasteiger partial charge in [0, 0.05) is 5.56 Å². The Morgan fingerprint density at radius 3 is 2.37 bits per heavy atom. The number of carbonyl (C=O) groups excluding carboxylic acids is 2. The average Bonchev–Trinajstić information content (AvgIpc) is 3.08. The van der Waals surface area contributed by atoms with Crippen LogP contribution >= 0.6 is 0 Å². The molecule has 1 heterocycles. The topological polar surface area (TPSA) is 99.0 Å².